The molecule has 0 radical (unpaired) electrons. The molecule has 0 spiro atoms. The number of carbonyl (C=O) groups excluding carboxylic acids is 1. The Morgan fingerprint density at radius 1 is 1.10 bits per heavy atom. The van der Waals surface area contributed by atoms with Crippen LogP contribution in [-0.2, 0) is 19.7 Å². The van der Waals surface area contributed by atoms with Gasteiger partial charge in [0.25, 0.3) is 5.91 Å². The van der Waals surface area contributed by atoms with E-state index in [4.69, 9.17) is 21.1 Å². The molecule has 0 aliphatic carbocycles. The molecule has 0 unspecified atom stereocenters. The molecule has 0 N–H and O–H groups in total. The Hall–Kier alpha value is -2.99. The second-order valence-corrected chi connectivity index (χ2v) is 6.98. The van der Waals surface area contributed by atoms with E-state index < -0.39 is 0 Å². The Kier molecular flexibility index (Phi) is 6.77. The summed E-state index contributed by atoms with van der Waals surface area (Å²) in [4.78, 5) is 14.4. The Morgan fingerprint density at radius 3 is 2.38 bits per heavy atom. The first-order chi connectivity index (χ1) is 14.0. The number of methoxy groups -OCH3 is 1. The third kappa shape index (κ3) is 5.09. The molecule has 0 saturated heterocycles. The van der Waals surface area contributed by atoms with Crippen LogP contribution in [0.15, 0.2) is 54.7 Å². The molecule has 0 atom stereocenters. The van der Waals surface area contributed by atoms with E-state index in [1.54, 1.807) is 29.9 Å². The number of aromatic nitrogens is 2. The lowest BCUT2D eigenvalue weighted by Crippen LogP contribution is -2.27. The van der Waals surface area contributed by atoms with Crippen LogP contribution in [0.1, 0.15) is 28.5 Å². The quantitative estimate of drug-likeness (QED) is 0.548. The summed E-state index contributed by atoms with van der Waals surface area (Å²) in [6.45, 7) is 3.50. The third-order valence-electron chi connectivity index (χ3n) is 4.60. The van der Waals surface area contributed by atoms with Gasteiger partial charge in [-0.15, -0.1) is 0 Å². The van der Waals surface area contributed by atoms with Crippen LogP contribution in [0.4, 0.5) is 0 Å². The molecule has 0 fully saturated rings. The number of ether oxygens (including phenoxy) is 2. The van der Waals surface area contributed by atoms with Gasteiger partial charge in [0.1, 0.15) is 18.1 Å². The highest BCUT2D eigenvalue weighted by Crippen LogP contribution is 2.20. The van der Waals surface area contributed by atoms with Crippen LogP contribution in [0, 0.1) is 0 Å². The maximum Gasteiger partial charge on any atom is 0.253 e. The maximum absolute atomic E-state index is 12.7. The van der Waals surface area contributed by atoms with Crippen molar-refractivity contribution in [3.05, 3.63) is 76.6 Å². The molecule has 1 amide bonds. The molecule has 29 heavy (non-hydrogen) atoms. The minimum Gasteiger partial charge on any atom is -0.497 e. The highest BCUT2D eigenvalue weighted by atomic mass is 35.5. The number of hydrogen-bond acceptors (Lipinski definition) is 4. The fraction of sp³-hybridized carbons (Fsp3) is 0.273. The fourth-order valence-corrected chi connectivity index (χ4v) is 3.12. The zero-order valence-electron chi connectivity index (χ0n) is 16.8. The van der Waals surface area contributed by atoms with E-state index in [-0.39, 0.29) is 5.91 Å². The number of nitrogens with zero attached hydrogens (tertiary/aromatic N) is 3. The summed E-state index contributed by atoms with van der Waals surface area (Å²) in [6.07, 6.45) is 1.61. The van der Waals surface area contributed by atoms with Gasteiger partial charge in [-0.05, 0) is 48.9 Å². The van der Waals surface area contributed by atoms with Gasteiger partial charge in [-0.25, -0.2) is 0 Å². The van der Waals surface area contributed by atoms with Crippen molar-refractivity contribution in [2.24, 2.45) is 0 Å². The Bertz CT molecular complexity index is 952. The molecule has 3 rings (SSSR count). The lowest BCUT2D eigenvalue weighted by atomic mass is 10.1. The van der Waals surface area contributed by atoms with Crippen LogP contribution < -0.4 is 9.47 Å². The van der Waals surface area contributed by atoms with Crippen LogP contribution in [0.5, 0.6) is 11.5 Å². The first kappa shape index (κ1) is 20.7. The van der Waals surface area contributed by atoms with Crippen molar-refractivity contribution in [1.29, 1.82) is 0 Å². The maximum atomic E-state index is 12.7. The van der Waals surface area contributed by atoms with Crippen molar-refractivity contribution in [3.8, 4) is 11.5 Å². The van der Waals surface area contributed by atoms with E-state index in [9.17, 15) is 4.79 Å². The number of rotatable bonds is 8. The summed E-state index contributed by atoms with van der Waals surface area (Å²) in [5, 5.41) is 4.78. The molecule has 2 aromatic carbocycles. The van der Waals surface area contributed by atoms with Gasteiger partial charge >= 0.3 is 0 Å². The van der Waals surface area contributed by atoms with Gasteiger partial charge in [0.15, 0.2) is 0 Å². The Balaban J connectivity index is 1.59. The molecule has 152 valence electrons. The van der Waals surface area contributed by atoms with Crippen molar-refractivity contribution < 1.29 is 14.3 Å². The Labute approximate surface area is 175 Å². The van der Waals surface area contributed by atoms with E-state index in [0.717, 1.165) is 22.8 Å². The molecular weight excluding hydrogens is 390 g/mol. The van der Waals surface area contributed by atoms with Crippen molar-refractivity contribution >= 4 is 17.5 Å². The highest BCUT2D eigenvalue weighted by Gasteiger charge is 2.16. The van der Waals surface area contributed by atoms with Gasteiger partial charge in [0, 0.05) is 19.2 Å². The van der Waals surface area contributed by atoms with Gasteiger partial charge < -0.3 is 14.4 Å². The molecular formula is C22H24ClN3O3. The number of carbonyl (C=O) groups is 1. The zero-order chi connectivity index (χ0) is 20.8. The number of halogens is 1. The highest BCUT2D eigenvalue weighted by molar-refractivity contribution is 6.31. The molecule has 0 saturated carbocycles. The predicted molar refractivity (Wildman–Crippen MR) is 112 cm³/mol. The summed E-state index contributed by atoms with van der Waals surface area (Å²) in [5.41, 5.74) is 2.42. The lowest BCUT2D eigenvalue weighted by Gasteiger charge is -2.18. The van der Waals surface area contributed by atoms with Gasteiger partial charge in [-0.2, -0.15) is 5.10 Å². The monoisotopic (exact) mass is 413 g/mol. The van der Waals surface area contributed by atoms with Crippen LogP contribution in [0.3, 0.4) is 0 Å². The third-order valence-corrected chi connectivity index (χ3v) is 4.91. The molecule has 1 heterocycles. The Morgan fingerprint density at radius 2 is 1.76 bits per heavy atom. The van der Waals surface area contributed by atoms with Crippen molar-refractivity contribution in [3.63, 3.8) is 0 Å². The first-order valence-electron chi connectivity index (χ1n) is 9.33. The summed E-state index contributed by atoms with van der Waals surface area (Å²) < 4.78 is 12.7. The average molecular weight is 414 g/mol. The number of benzene rings is 2. The molecule has 7 heteroatoms. The van der Waals surface area contributed by atoms with Gasteiger partial charge in [-0.3, -0.25) is 9.48 Å². The number of aryl methyl sites for hydroxylation is 1. The molecule has 3 aromatic rings. The van der Waals surface area contributed by atoms with Crippen LogP contribution in [-0.4, -0.2) is 34.7 Å². The van der Waals surface area contributed by atoms with Crippen LogP contribution in [0.2, 0.25) is 5.02 Å². The molecule has 1 aromatic heterocycles. The van der Waals surface area contributed by atoms with Crippen molar-refractivity contribution in [2.75, 3.05) is 14.2 Å². The van der Waals surface area contributed by atoms with Gasteiger partial charge in [0.05, 0.1) is 30.6 Å². The van der Waals surface area contributed by atoms with Crippen molar-refractivity contribution in [2.45, 2.75) is 26.6 Å². The summed E-state index contributed by atoms with van der Waals surface area (Å²) in [5.74, 6) is 1.47. The largest absolute Gasteiger partial charge is 0.497 e. The molecule has 0 bridgehead atoms. The topological polar surface area (TPSA) is 56.6 Å². The van der Waals surface area contributed by atoms with Gasteiger partial charge in [0.2, 0.25) is 0 Å². The first-order valence-corrected chi connectivity index (χ1v) is 9.71. The lowest BCUT2D eigenvalue weighted by molar-refractivity contribution is 0.0781. The van der Waals surface area contributed by atoms with Crippen LogP contribution >= 0.6 is 11.6 Å². The van der Waals surface area contributed by atoms with E-state index >= 15 is 0 Å². The van der Waals surface area contributed by atoms with Crippen molar-refractivity contribution in [1.82, 2.24) is 14.7 Å². The second-order valence-electron chi connectivity index (χ2n) is 6.58. The van der Waals surface area contributed by atoms with E-state index in [1.165, 1.54) is 0 Å². The predicted octanol–water partition coefficient (Wildman–Crippen LogP) is 4.42. The summed E-state index contributed by atoms with van der Waals surface area (Å²) in [7, 11) is 3.38. The zero-order valence-corrected chi connectivity index (χ0v) is 17.5. The summed E-state index contributed by atoms with van der Waals surface area (Å²) in [6, 6.07) is 14.8. The SMILES string of the molecule is CCn1ncc(Cl)c1CN(C)C(=O)c1ccc(COc2ccc(OC)cc2)cc1. The van der Waals surface area contributed by atoms with Crippen LogP contribution in [0.25, 0.3) is 0 Å². The van der Waals surface area contributed by atoms with Gasteiger partial charge in [-0.1, -0.05) is 23.7 Å². The minimum atomic E-state index is -0.0763. The smallest absolute Gasteiger partial charge is 0.253 e. The second kappa shape index (κ2) is 9.47. The van der Waals surface area contributed by atoms with E-state index in [2.05, 4.69) is 5.10 Å². The molecule has 6 nitrogen and oxygen atoms in total. The molecule has 0 aliphatic rings. The van der Waals surface area contributed by atoms with E-state index in [0.29, 0.717) is 30.3 Å². The van der Waals surface area contributed by atoms with E-state index in [1.807, 2.05) is 55.5 Å². The fourth-order valence-electron chi connectivity index (χ4n) is 2.92. The minimum absolute atomic E-state index is 0.0763. The number of amides is 1. The average Bonchev–Trinajstić information content (AvgIpc) is 3.11. The summed E-state index contributed by atoms with van der Waals surface area (Å²) >= 11 is 6.20. The standard InChI is InChI=1S/C22H24ClN3O3/c1-4-26-21(20(23)13-24-26)14-25(2)22(27)17-7-5-16(6-8-17)15-29-19-11-9-18(28-3)10-12-19/h5-13H,4,14-15H2,1-3H3. The number of hydrogen-bond donors (Lipinski definition) is 0. The molecule has 0 aliphatic heterocycles. The normalized spacial score (nSPS) is 10.6.